The SMILES string of the molecule is CCCCCCCCCCCCOc1ccc(OP(=O)(O)Oc2cccc(CN3C=CSC3)c2)c2ccccc12. The van der Waals surface area contributed by atoms with Crippen LogP contribution in [0.3, 0.4) is 0 Å². The van der Waals surface area contributed by atoms with E-state index in [9.17, 15) is 9.46 Å². The van der Waals surface area contributed by atoms with Crippen molar-refractivity contribution < 1.29 is 23.2 Å². The number of phosphoric ester groups is 1. The van der Waals surface area contributed by atoms with Crippen LogP contribution in [-0.4, -0.2) is 22.3 Å². The third-order valence-electron chi connectivity index (χ3n) is 6.93. The summed E-state index contributed by atoms with van der Waals surface area (Å²) in [7, 11) is -4.43. The Morgan fingerprint density at radius 2 is 1.50 bits per heavy atom. The molecule has 0 saturated heterocycles. The summed E-state index contributed by atoms with van der Waals surface area (Å²) in [5.41, 5.74) is 0.985. The van der Waals surface area contributed by atoms with E-state index < -0.39 is 7.82 Å². The minimum Gasteiger partial charge on any atom is -0.493 e. The van der Waals surface area contributed by atoms with Gasteiger partial charge >= 0.3 is 7.82 Å². The molecule has 0 aliphatic carbocycles. The summed E-state index contributed by atoms with van der Waals surface area (Å²) in [6.45, 7) is 3.60. The van der Waals surface area contributed by atoms with Crippen molar-refractivity contribution in [3.8, 4) is 17.2 Å². The van der Waals surface area contributed by atoms with Crippen LogP contribution in [0.15, 0.2) is 72.3 Å². The first-order valence-electron chi connectivity index (χ1n) is 14.5. The lowest BCUT2D eigenvalue weighted by molar-refractivity contribution is 0.291. The van der Waals surface area contributed by atoms with Crippen molar-refractivity contribution in [3.63, 3.8) is 0 Å². The fraction of sp³-hybridized carbons (Fsp3) is 0.438. The fourth-order valence-electron chi connectivity index (χ4n) is 4.84. The van der Waals surface area contributed by atoms with Crippen molar-refractivity contribution >= 4 is 30.4 Å². The van der Waals surface area contributed by atoms with Gasteiger partial charge in [-0.05, 0) is 41.7 Å². The van der Waals surface area contributed by atoms with E-state index in [0.29, 0.717) is 24.3 Å². The number of unbranched alkanes of at least 4 members (excludes halogenated alkanes) is 9. The van der Waals surface area contributed by atoms with Gasteiger partial charge in [0.1, 0.15) is 17.2 Å². The Morgan fingerprint density at radius 1 is 0.825 bits per heavy atom. The smallest absolute Gasteiger partial charge is 0.493 e. The number of nitrogens with zero attached hydrogens (tertiary/aromatic N) is 1. The second-order valence-electron chi connectivity index (χ2n) is 10.3. The first-order valence-corrected chi connectivity index (χ1v) is 17.1. The number of benzene rings is 3. The van der Waals surface area contributed by atoms with Crippen LogP contribution >= 0.6 is 19.6 Å². The quantitative estimate of drug-likeness (QED) is 0.118. The Morgan fingerprint density at radius 3 is 2.20 bits per heavy atom. The normalized spacial score (nSPS) is 14.4. The molecule has 1 aliphatic heterocycles. The Bertz CT molecular complexity index is 1280. The lowest BCUT2D eigenvalue weighted by Gasteiger charge is -2.18. The molecule has 40 heavy (non-hydrogen) atoms. The van der Waals surface area contributed by atoms with Crippen LogP contribution in [0.4, 0.5) is 0 Å². The Hall–Kier alpha value is -2.60. The molecule has 0 spiro atoms. The van der Waals surface area contributed by atoms with E-state index in [1.807, 2.05) is 42.6 Å². The molecular formula is C32H42NO5PS. The van der Waals surface area contributed by atoms with Crippen molar-refractivity contribution in [2.24, 2.45) is 0 Å². The molecule has 0 amide bonds. The number of phosphoric acid groups is 1. The molecule has 6 nitrogen and oxygen atoms in total. The number of hydrogen-bond donors (Lipinski definition) is 1. The van der Waals surface area contributed by atoms with E-state index in [1.54, 1.807) is 36.0 Å². The summed E-state index contributed by atoms with van der Waals surface area (Å²) < 4.78 is 30.1. The molecule has 1 N–H and O–H groups in total. The lowest BCUT2D eigenvalue weighted by atomic mass is 10.1. The number of rotatable bonds is 18. The number of fused-ring (bicyclic) bond motifs is 1. The highest BCUT2D eigenvalue weighted by molar-refractivity contribution is 8.02. The molecule has 1 atom stereocenters. The van der Waals surface area contributed by atoms with Gasteiger partial charge in [-0.3, -0.25) is 4.89 Å². The van der Waals surface area contributed by atoms with Crippen molar-refractivity contribution in [3.05, 3.63) is 77.8 Å². The molecule has 1 unspecified atom stereocenters. The molecule has 0 aromatic heterocycles. The maximum Gasteiger partial charge on any atom is 0.584 e. The lowest BCUT2D eigenvalue weighted by Crippen LogP contribution is -2.12. The van der Waals surface area contributed by atoms with Crippen LogP contribution < -0.4 is 13.8 Å². The zero-order valence-corrected chi connectivity index (χ0v) is 25.2. The molecule has 0 saturated carbocycles. The molecule has 1 aliphatic rings. The van der Waals surface area contributed by atoms with Gasteiger partial charge in [0, 0.05) is 23.5 Å². The van der Waals surface area contributed by atoms with Gasteiger partial charge in [-0.25, -0.2) is 4.57 Å². The van der Waals surface area contributed by atoms with Crippen molar-refractivity contribution in [1.29, 1.82) is 0 Å². The van der Waals surface area contributed by atoms with Crippen molar-refractivity contribution in [2.75, 3.05) is 12.5 Å². The minimum atomic E-state index is -4.43. The van der Waals surface area contributed by atoms with Gasteiger partial charge in [0.15, 0.2) is 0 Å². The third-order valence-corrected chi connectivity index (χ3v) is 8.59. The van der Waals surface area contributed by atoms with Gasteiger partial charge in [-0.2, -0.15) is 0 Å². The molecular weight excluding hydrogens is 541 g/mol. The first-order chi connectivity index (χ1) is 19.5. The predicted molar refractivity (Wildman–Crippen MR) is 166 cm³/mol. The Labute approximate surface area is 243 Å². The summed E-state index contributed by atoms with van der Waals surface area (Å²) >= 11 is 1.73. The van der Waals surface area contributed by atoms with Crippen LogP contribution in [0.5, 0.6) is 17.2 Å². The van der Waals surface area contributed by atoms with Crippen LogP contribution in [0, 0.1) is 0 Å². The largest absolute Gasteiger partial charge is 0.584 e. The maximum atomic E-state index is 13.0. The second-order valence-corrected chi connectivity index (χ2v) is 12.4. The summed E-state index contributed by atoms with van der Waals surface area (Å²) in [5, 5.41) is 3.59. The molecule has 3 aromatic rings. The number of ether oxygens (including phenoxy) is 1. The van der Waals surface area contributed by atoms with Gasteiger partial charge in [0.2, 0.25) is 0 Å². The average molecular weight is 584 g/mol. The van der Waals surface area contributed by atoms with Gasteiger partial charge in [-0.15, -0.1) is 11.8 Å². The fourth-order valence-corrected chi connectivity index (χ4v) is 6.38. The van der Waals surface area contributed by atoms with Crippen molar-refractivity contribution in [2.45, 2.75) is 77.7 Å². The summed E-state index contributed by atoms with van der Waals surface area (Å²) in [5.74, 6) is 2.20. The standard InChI is InChI=1S/C32H42NO5PS/c1-2-3-4-5-6-7-8-9-10-13-22-36-31-19-20-32(30-18-12-11-17-29(30)31)38-39(34,35)37-28-16-14-15-27(24-28)25-33-21-23-40-26-33/h11-12,14-21,23-24H,2-10,13,22,25-26H2,1H3,(H,34,35). The minimum absolute atomic E-state index is 0.281. The van der Waals surface area contributed by atoms with Crippen LogP contribution in [0.2, 0.25) is 0 Å². The molecule has 0 bridgehead atoms. The Balaban J connectivity index is 1.28. The number of thioether (sulfide) groups is 1. The summed E-state index contributed by atoms with van der Waals surface area (Å²) in [6, 6.07) is 18.3. The zero-order valence-electron chi connectivity index (χ0n) is 23.5. The van der Waals surface area contributed by atoms with Crippen molar-refractivity contribution in [1.82, 2.24) is 4.90 Å². The molecule has 216 valence electrons. The highest BCUT2D eigenvalue weighted by Crippen LogP contribution is 2.47. The monoisotopic (exact) mass is 583 g/mol. The predicted octanol–water partition coefficient (Wildman–Crippen LogP) is 9.68. The highest BCUT2D eigenvalue weighted by Gasteiger charge is 2.26. The van der Waals surface area contributed by atoms with Gasteiger partial charge in [-0.1, -0.05) is 101 Å². The van der Waals surface area contributed by atoms with E-state index in [2.05, 4.69) is 17.2 Å². The number of hydrogen-bond acceptors (Lipinski definition) is 6. The highest BCUT2D eigenvalue weighted by atomic mass is 32.2. The Kier molecular flexibility index (Phi) is 12.1. The van der Waals surface area contributed by atoms with E-state index in [1.165, 1.54) is 51.4 Å². The van der Waals surface area contributed by atoms with Gasteiger partial charge in [0.25, 0.3) is 0 Å². The molecule has 8 heteroatoms. The molecule has 4 rings (SSSR count). The zero-order chi connectivity index (χ0) is 28.0. The van der Waals surface area contributed by atoms with Gasteiger partial charge in [0.05, 0.1) is 12.5 Å². The van der Waals surface area contributed by atoms with Crippen LogP contribution in [0.1, 0.15) is 76.7 Å². The summed E-state index contributed by atoms with van der Waals surface area (Å²) in [6.07, 6.45) is 14.8. The maximum absolute atomic E-state index is 13.0. The molecule has 0 radical (unpaired) electrons. The molecule has 3 aromatic carbocycles. The molecule has 0 fully saturated rings. The third kappa shape index (κ3) is 9.79. The first kappa shape index (κ1) is 30.4. The topological polar surface area (TPSA) is 68.2 Å². The van der Waals surface area contributed by atoms with E-state index in [0.717, 1.165) is 35.4 Å². The van der Waals surface area contributed by atoms with Crippen LogP contribution in [-0.2, 0) is 11.1 Å². The van der Waals surface area contributed by atoms with E-state index >= 15 is 0 Å². The van der Waals surface area contributed by atoms with E-state index in [-0.39, 0.29) is 5.75 Å². The second kappa shape index (κ2) is 16.0. The van der Waals surface area contributed by atoms with E-state index in [4.69, 9.17) is 13.8 Å². The van der Waals surface area contributed by atoms with Gasteiger partial charge < -0.3 is 18.7 Å². The average Bonchev–Trinajstić information content (AvgIpc) is 3.45. The van der Waals surface area contributed by atoms with Crippen LogP contribution in [0.25, 0.3) is 10.8 Å². The summed E-state index contributed by atoms with van der Waals surface area (Å²) in [4.78, 5) is 12.8. The molecule has 1 heterocycles.